The monoisotopic (exact) mass is 719 g/mol. The second kappa shape index (κ2) is 12.3. The van der Waals surface area contributed by atoms with Crippen LogP contribution in [0.5, 0.6) is 0 Å². The minimum absolute atomic E-state index is 0.101. The number of anilines is 3. The highest BCUT2D eigenvalue weighted by Gasteiger charge is 2.35. The molecule has 11 rings (SSSR count). The minimum atomic E-state index is -0.101. The van der Waals surface area contributed by atoms with Gasteiger partial charge in [-0.15, -0.1) is 11.3 Å². The second-order valence-electron chi connectivity index (χ2n) is 15.3. The van der Waals surface area contributed by atoms with Crippen molar-refractivity contribution in [2.75, 3.05) is 4.90 Å². The summed E-state index contributed by atoms with van der Waals surface area (Å²) in [6, 6.07) is 69.7. The number of hydrogen-bond donors (Lipinski definition) is 0. The van der Waals surface area contributed by atoms with Crippen LogP contribution in [-0.2, 0) is 5.41 Å². The summed E-state index contributed by atoms with van der Waals surface area (Å²) in [5.74, 6) is 0. The van der Waals surface area contributed by atoms with E-state index < -0.39 is 0 Å². The first kappa shape index (κ1) is 32.0. The number of thiophene rings is 1. The van der Waals surface area contributed by atoms with Crippen molar-refractivity contribution in [2.45, 2.75) is 19.3 Å². The van der Waals surface area contributed by atoms with Gasteiger partial charge in [0.25, 0.3) is 0 Å². The van der Waals surface area contributed by atoms with E-state index in [1.165, 1.54) is 86.2 Å². The molecular weight excluding hydrogens is 683 g/mol. The van der Waals surface area contributed by atoms with Gasteiger partial charge in [-0.2, -0.15) is 0 Å². The molecule has 0 saturated carbocycles. The normalized spacial score (nSPS) is 13.1. The van der Waals surface area contributed by atoms with Crippen molar-refractivity contribution in [3.05, 3.63) is 199 Å². The molecule has 1 aromatic heterocycles. The zero-order valence-corrected chi connectivity index (χ0v) is 31.6. The van der Waals surface area contributed by atoms with E-state index in [0.717, 1.165) is 17.1 Å². The maximum atomic E-state index is 2.43. The lowest BCUT2D eigenvalue weighted by molar-refractivity contribution is 0.660. The first-order valence-corrected chi connectivity index (χ1v) is 19.9. The molecule has 1 aliphatic rings. The summed E-state index contributed by atoms with van der Waals surface area (Å²) < 4.78 is 2.69. The molecular formula is C53H37NS. The maximum absolute atomic E-state index is 2.43. The first-order valence-electron chi connectivity index (χ1n) is 19.1. The maximum Gasteiger partial charge on any atom is 0.0467 e. The van der Waals surface area contributed by atoms with Gasteiger partial charge in [-0.3, -0.25) is 0 Å². The Morgan fingerprint density at radius 2 is 1.04 bits per heavy atom. The fourth-order valence-corrected chi connectivity index (χ4v) is 10.3. The van der Waals surface area contributed by atoms with Gasteiger partial charge in [-0.25, -0.2) is 0 Å². The van der Waals surface area contributed by atoms with Crippen LogP contribution in [0.4, 0.5) is 17.1 Å². The van der Waals surface area contributed by atoms with Gasteiger partial charge in [0.15, 0.2) is 0 Å². The molecule has 0 radical (unpaired) electrons. The number of hydrogen-bond acceptors (Lipinski definition) is 2. The van der Waals surface area contributed by atoms with Gasteiger partial charge >= 0.3 is 0 Å². The van der Waals surface area contributed by atoms with Gasteiger partial charge < -0.3 is 4.90 Å². The number of rotatable bonds is 5. The summed E-state index contributed by atoms with van der Waals surface area (Å²) in [5.41, 5.74) is 13.6. The molecule has 0 saturated heterocycles. The van der Waals surface area contributed by atoms with Crippen molar-refractivity contribution in [1.29, 1.82) is 0 Å². The van der Waals surface area contributed by atoms with Gasteiger partial charge in [0, 0.05) is 48.0 Å². The first-order chi connectivity index (χ1) is 27.0. The number of fused-ring (bicyclic) bond motifs is 9. The third-order valence-corrected chi connectivity index (χ3v) is 13.1. The highest BCUT2D eigenvalue weighted by atomic mass is 32.1. The molecule has 1 heterocycles. The van der Waals surface area contributed by atoms with Crippen LogP contribution in [0.15, 0.2) is 188 Å². The summed E-state index contributed by atoms with van der Waals surface area (Å²) in [6.45, 7) is 4.72. The van der Waals surface area contributed by atoms with Gasteiger partial charge in [-0.05, 0) is 115 Å². The van der Waals surface area contributed by atoms with E-state index in [2.05, 4.69) is 207 Å². The Kier molecular flexibility index (Phi) is 7.14. The van der Waals surface area contributed by atoms with Crippen LogP contribution in [-0.4, -0.2) is 0 Å². The fourth-order valence-electron chi connectivity index (χ4n) is 9.05. The van der Waals surface area contributed by atoms with Crippen LogP contribution in [0, 0.1) is 0 Å². The molecule has 0 spiro atoms. The average molecular weight is 720 g/mol. The highest BCUT2D eigenvalue weighted by molar-refractivity contribution is 7.26. The zero-order chi connectivity index (χ0) is 36.7. The van der Waals surface area contributed by atoms with Crippen LogP contribution in [0.3, 0.4) is 0 Å². The lowest BCUT2D eigenvalue weighted by atomic mass is 9.82. The number of benzene rings is 9. The lowest BCUT2D eigenvalue weighted by Crippen LogP contribution is -2.16. The highest BCUT2D eigenvalue weighted by Crippen LogP contribution is 2.51. The molecule has 55 heavy (non-hydrogen) atoms. The van der Waals surface area contributed by atoms with Crippen molar-refractivity contribution in [3.8, 4) is 33.4 Å². The third kappa shape index (κ3) is 5.06. The van der Waals surface area contributed by atoms with Crippen molar-refractivity contribution < 1.29 is 0 Å². The Bertz CT molecular complexity index is 3130. The van der Waals surface area contributed by atoms with Crippen LogP contribution < -0.4 is 4.90 Å². The molecule has 260 valence electrons. The van der Waals surface area contributed by atoms with E-state index >= 15 is 0 Å². The fraction of sp³-hybridized carbons (Fsp3) is 0.0566. The predicted molar refractivity (Wildman–Crippen MR) is 237 cm³/mol. The Hall–Kier alpha value is -6.48. The quantitative estimate of drug-likeness (QED) is 0.171. The Morgan fingerprint density at radius 3 is 1.91 bits per heavy atom. The molecule has 0 amide bonds. The summed E-state index contributed by atoms with van der Waals surface area (Å²) in [4.78, 5) is 2.43. The van der Waals surface area contributed by atoms with E-state index in [4.69, 9.17) is 0 Å². The van der Waals surface area contributed by atoms with Gasteiger partial charge in [0.2, 0.25) is 0 Å². The molecule has 10 aromatic rings. The molecule has 0 atom stereocenters. The van der Waals surface area contributed by atoms with Crippen LogP contribution >= 0.6 is 11.3 Å². The number of nitrogens with zero attached hydrogens (tertiary/aromatic N) is 1. The summed E-state index contributed by atoms with van der Waals surface area (Å²) in [6.07, 6.45) is 0. The smallest absolute Gasteiger partial charge is 0.0467 e. The predicted octanol–water partition coefficient (Wildman–Crippen LogP) is 15.5. The molecule has 9 aromatic carbocycles. The molecule has 0 unspecified atom stereocenters. The van der Waals surface area contributed by atoms with E-state index in [-0.39, 0.29) is 5.41 Å². The largest absolute Gasteiger partial charge is 0.310 e. The molecule has 0 fully saturated rings. The Balaban J connectivity index is 1.07. The molecule has 0 bridgehead atoms. The van der Waals surface area contributed by atoms with Crippen LogP contribution in [0.1, 0.15) is 25.0 Å². The van der Waals surface area contributed by atoms with Crippen molar-refractivity contribution in [1.82, 2.24) is 0 Å². The van der Waals surface area contributed by atoms with Crippen LogP contribution in [0.2, 0.25) is 0 Å². The summed E-state index contributed by atoms with van der Waals surface area (Å²) in [7, 11) is 0. The van der Waals surface area contributed by atoms with Gasteiger partial charge in [-0.1, -0.05) is 147 Å². The van der Waals surface area contributed by atoms with E-state index in [9.17, 15) is 0 Å². The van der Waals surface area contributed by atoms with E-state index in [1.807, 2.05) is 11.3 Å². The Morgan fingerprint density at radius 1 is 0.382 bits per heavy atom. The molecule has 2 heteroatoms. The standard InChI is InChI=1S/C53H37NS/c1-53(2)49-20-9-7-17-43(49)44-29-28-41(32-50(44)53)54(40-15-11-14-37(31-40)38-23-22-34-12-3-4-13-36(34)30-38)39-26-24-35(25-27-39)47-33-48-45-18-8-10-21-51(45)55-52(48)46-19-6-5-16-42(46)47/h3-33H,1-2H3. The van der Waals surface area contributed by atoms with Gasteiger partial charge in [0.05, 0.1) is 0 Å². The van der Waals surface area contributed by atoms with E-state index in [0.29, 0.717) is 0 Å². The molecule has 0 N–H and O–H groups in total. The van der Waals surface area contributed by atoms with Crippen molar-refractivity contribution >= 4 is 70.1 Å². The van der Waals surface area contributed by atoms with Crippen molar-refractivity contribution in [3.63, 3.8) is 0 Å². The van der Waals surface area contributed by atoms with Crippen molar-refractivity contribution in [2.24, 2.45) is 0 Å². The molecule has 0 aliphatic heterocycles. The van der Waals surface area contributed by atoms with E-state index in [1.54, 1.807) is 0 Å². The third-order valence-electron chi connectivity index (χ3n) is 11.8. The molecule has 1 aliphatic carbocycles. The summed E-state index contributed by atoms with van der Waals surface area (Å²) in [5, 5.41) is 7.76. The minimum Gasteiger partial charge on any atom is -0.310 e. The SMILES string of the molecule is CC1(C)c2ccccc2-c2ccc(N(c3ccc(-c4cc5c6ccccc6sc5c5ccccc45)cc3)c3cccc(-c4ccc5ccccc5c4)c3)cc21. The topological polar surface area (TPSA) is 3.24 Å². The summed E-state index contributed by atoms with van der Waals surface area (Å²) >= 11 is 1.89. The average Bonchev–Trinajstić information content (AvgIpc) is 3.73. The molecule has 1 nitrogen and oxygen atoms in total. The lowest BCUT2D eigenvalue weighted by Gasteiger charge is -2.28. The van der Waals surface area contributed by atoms with Crippen LogP contribution in [0.25, 0.3) is 75.1 Å². The second-order valence-corrected chi connectivity index (χ2v) is 16.4. The zero-order valence-electron chi connectivity index (χ0n) is 30.8. The Labute approximate surface area is 325 Å². The van der Waals surface area contributed by atoms with Gasteiger partial charge in [0.1, 0.15) is 0 Å².